The highest BCUT2D eigenvalue weighted by atomic mass is 32.1. The molecule has 0 amide bonds. The van der Waals surface area contributed by atoms with E-state index < -0.39 is 0 Å². The van der Waals surface area contributed by atoms with Crippen molar-refractivity contribution in [2.45, 2.75) is 6.61 Å². The van der Waals surface area contributed by atoms with E-state index >= 15 is 0 Å². The summed E-state index contributed by atoms with van der Waals surface area (Å²) in [5.74, 6) is 1.51. The molecular formula is C14H14N2O2S. The lowest BCUT2D eigenvalue weighted by Gasteiger charge is -2.08. The third-order valence-electron chi connectivity index (χ3n) is 2.55. The Morgan fingerprint density at radius 3 is 2.58 bits per heavy atom. The van der Waals surface area contributed by atoms with E-state index in [2.05, 4.69) is 4.98 Å². The van der Waals surface area contributed by atoms with E-state index in [0.29, 0.717) is 18.1 Å². The van der Waals surface area contributed by atoms with Gasteiger partial charge in [-0.2, -0.15) is 0 Å². The Labute approximate surface area is 117 Å². The zero-order valence-electron chi connectivity index (χ0n) is 10.5. The van der Waals surface area contributed by atoms with Crippen LogP contribution in [-0.2, 0) is 6.61 Å². The van der Waals surface area contributed by atoms with E-state index in [1.54, 1.807) is 25.4 Å². The normalized spacial score (nSPS) is 9.95. The Morgan fingerprint density at radius 1 is 1.21 bits per heavy atom. The maximum atomic E-state index is 5.66. The van der Waals surface area contributed by atoms with Crippen LogP contribution in [0.15, 0.2) is 42.6 Å². The molecule has 0 radical (unpaired) electrons. The fourth-order valence-electron chi connectivity index (χ4n) is 1.52. The standard InChI is InChI=1S/C14H14N2O2S/c1-17-11-4-2-10(3-5-11)9-18-12-6-7-16-13(8-12)14(15)19/h2-8H,9H2,1H3,(H2,15,19). The van der Waals surface area contributed by atoms with Gasteiger partial charge in [-0.3, -0.25) is 4.98 Å². The Kier molecular flexibility index (Phi) is 4.30. The van der Waals surface area contributed by atoms with Crippen LogP contribution < -0.4 is 15.2 Å². The summed E-state index contributed by atoms with van der Waals surface area (Å²) in [6.45, 7) is 0.463. The minimum atomic E-state index is 0.259. The van der Waals surface area contributed by atoms with Crippen LogP contribution in [0.2, 0.25) is 0 Å². The second kappa shape index (κ2) is 6.15. The van der Waals surface area contributed by atoms with E-state index in [4.69, 9.17) is 27.4 Å². The maximum Gasteiger partial charge on any atom is 0.123 e. The van der Waals surface area contributed by atoms with Crippen molar-refractivity contribution < 1.29 is 9.47 Å². The number of pyridine rings is 1. The van der Waals surface area contributed by atoms with E-state index in [9.17, 15) is 0 Å². The average Bonchev–Trinajstić information content (AvgIpc) is 2.46. The number of nitrogens with two attached hydrogens (primary N) is 1. The highest BCUT2D eigenvalue weighted by molar-refractivity contribution is 7.80. The molecule has 0 aliphatic carbocycles. The summed E-state index contributed by atoms with van der Waals surface area (Å²) < 4.78 is 10.8. The Morgan fingerprint density at radius 2 is 1.95 bits per heavy atom. The van der Waals surface area contributed by atoms with Crippen LogP contribution in [-0.4, -0.2) is 17.1 Å². The van der Waals surface area contributed by atoms with Crippen molar-refractivity contribution in [3.8, 4) is 11.5 Å². The Bertz CT molecular complexity index is 570. The van der Waals surface area contributed by atoms with Gasteiger partial charge < -0.3 is 15.2 Å². The van der Waals surface area contributed by atoms with Crippen molar-refractivity contribution >= 4 is 17.2 Å². The topological polar surface area (TPSA) is 57.4 Å². The van der Waals surface area contributed by atoms with Crippen molar-refractivity contribution in [1.82, 2.24) is 4.98 Å². The third kappa shape index (κ3) is 3.66. The van der Waals surface area contributed by atoms with Gasteiger partial charge in [0.1, 0.15) is 28.8 Å². The highest BCUT2D eigenvalue weighted by Crippen LogP contribution is 2.15. The molecule has 0 bridgehead atoms. The van der Waals surface area contributed by atoms with Gasteiger partial charge in [0.2, 0.25) is 0 Å². The van der Waals surface area contributed by atoms with E-state index in [1.165, 1.54) is 0 Å². The van der Waals surface area contributed by atoms with Crippen LogP contribution in [0.25, 0.3) is 0 Å². The molecule has 0 saturated heterocycles. The first-order chi connectivity index (χ1) is 9.19. The average molecular weight is 274 g/mol. The monoisotopic (exact) mass is 274 g/mol. The molecule has 1 aromatic carbocycles. The lowest BCUT2D eigenvalue weighted by Crippen LogP contribution is -2.11. The number of rotatable bonds is 5. The lowest BCUT2D eigenvalue weighted by atomic mass is 10.2. The van der Waals surface area contributed by atoms with Crippen molar-refractivity contribution in [3.05, 3.63) is 53.9 Å². The van der Waals surface area contributed by atoms with E-state index in [1.807, 2.05) is 24.3 Å². The highest BCUT2D eigenvalue weighted by Gasteiger charge is 2.01. The smallest absolute Gasteiger partial charge is 0.123 e. The molecule has 0 aliphatic rings. The van der Waals surface area contributed by atoms with Crippen LogP contribution in [0, 0.1) is 0 Å². The number of ether oxygens (including phenoxy) is 2. The lowest BCUT2D eigenvalue weighted by molar-refractivity contribution is 0.305. The minimum Gasteiger partial charge on any atom is -0.497 e. The number of methoxy groups -OCH3 is 1. The number of hydrogen-bond acceptors (Lipinski definition) is 4. The molecule has 5 heteroatoms. The van der Waals surface area contributed by atoms with Crippen molar-refractivity contribution in [3.63, 3.8) is 0 Å². The molecule has 0 atom stereocenters. The van der Waals surface area contributed by atoms with Gasteiger partial charge in [0, 0.05) is 12.3 Å². The maximum absolute atomic E-state index is 5.66. The summed E-state index contributed by atoms with van der Waals surface area (Å²) in [5.41, 5.74) is 7.13. The molecule has 2 N–H and O–H groups in total. The van der Waals surface area contributed by atoms with Gasteiger partial charge in [-0.25, -0.2) is 0 Å². The Balaban J connectivity index is 2.01. The molecule has 0 unspecified atom stereocenters. The van der Waals surface area contributed by atoms with Gasteiger partial charge >= 0.3 is 0 Å². The van der Waals surface area contributed by atoms with E-state index in [-0.39, 0.29) is 4.99 Å². The second-order valence-corrected chi connectivity index (χ2v) is 4.32. The zero-order chi connectivity index (χ0) is 13.7. The molecule has 0 saturated carbocycles. The Hall–Kier alpha value is -2.14. The first-order valence-electron chi connectivity index (χ1n) is 5.70. The molecule has 0 spiro atoms. The number of thiocarbonyl (C=S) groups is 1. The van der Waals surface area contributed by atoms with Gasteiger partial charge in [0.15, 0.2) is 0 Å². The molecular weight excluding hydrogens is 260 g/mol. The molecule has 0 fully saturated rings. The molecule has 4 nitrogen and oxygen atoms in total. The number of benzene rings is 1. The first kappa shape index (κ1) is 13.3. The molecule has 98 valence electrons. The predicted molar refractivity (Wildman–Crippen MR) is 77.5 cm³/mol. The molecule has 19 heavy (non-hydrogen) atoms. The van der Waals surface area contributed by atoms with Crippen molar-refractivity contribution in [1.29, 1.82) is 0 Å². The molecule has 1 heterocycles. The van der Waals surface area contributed by atoms with Gasteiger partial charge in [0.05, 0.1) is 7.11 Å². The first-order valence-corrected chi connectivity index (χ1v) is 6.11. The SMILES string of the molecule is COc1ccc(COc2ccnc(C(N)=S)c2)cc1. The zero-order valence-corrected chi connectivity index (χ0v) is 11.3. The van der Waals surface area contributed by atoms with Crippen LogP contribution in [0.3, 0.4) is 0 Å². The van der Waals surface area contributed by atoms with Gasteiger partial charge in [-0.15, -0.1) is 0 Å². The van der Waals surface area contributed by atoms with Crippen LogP contribution in [0.1, 0.15) is 11.3 Å². The predicted octanol–water partition coefficient (Wildman–Crippen LogP) is 2.30. The van der Waals surface area contributed by atoms with E-state index in [0.717, 1.165) is 11.3 Å². The number of aromatic nitrogens is 1. The van der Waals surface area contributed by atoms with Crippen LogP contribution >= 0.6 is 12.2 Å². The summed E-state index contributed by atoms with van der Waals surface area (Å²) in [5, 5.41) is 0. The second-order valence-electron chi connectivity index (χ2n) is 3.88. The number of nitrogens with zero attached hydrogens (tertiary/aromatic N) is 1. The summed E-state index contributed by atoms with van der Waals surface area (Å²) >= 11 is 4.87. The largest absolute Gasteiger partial charge is 0.497 e. The fraction of sp³-hybridized carbons (Fsp3) is 0.143. The van der Waals surface area contributed by atoms with Gasteiger partial charge in [-0.05, 0) is 23.8 Å². The quantitative estimate of drug-likeness (QED) is 0.848. The summed E-state index contributed by atoms with van der Waals surface area (Å²) in [4.78, 5) is 4.31. The minimum absolute atomic E-state index is 0.259. The summed E-state index contributed by atoms with van der Waals surface area (Å²) in [6, 6.07) is 11.2. The van der Waals surface area contributed by atoms with Crippen molar-refractivity contribution in [2.75, 3.05) is 7.11 Å². The van der Waals surface area contributed by atoms with Crippen LogP contribution in [0.4, 0.5) is 0 Å². The molecule has 2 aromatic rings. The summed E-state index contributed by atoms with van der Waals surface area (Å²) in [7, 11) is 1.64. The van der Waals surface area contributed by atoms with Gasteiger partial charge in [0.25, 0.3) is 0 Å². The summed E-state index contributed by atoms with van der Waals surface area (Å²) in [6.07, 6.45) is 1.62. The molecule has 1 aromatic heterocycles. The number of hydrogen-bond donors (Lipinski definition) is 1. The fourth-order valence-corrected chi connectivity index (χ4v) is 1.64. The van der Waals surface area contributed by atoms with Gasteiger partial charge in [-0.1, -0.05) is 24.4 Å². The molecule has 0 aliphatic heterocycles. The van der Waals surface area contributed by atoms with Crippen LogP contribution in [0.5, 0.6) is 11.5 Å². The molecule has 2 rings (SSSR count). The van der Waals surface area contributed by atoms with Crippen molar-refractivity contribution in [2.24, 2.45) is 5.73 Å². The third-order valence-corrected chi connectivity index (χ3v) is 2.76.